The van der Waals surface area contributed by atoms with E-state index in [0.29, 0.717) is 37.3 Å². The summed E-state index contributed by atoms with van der Waals surface area (Å²) in [5.74, 6) is -0.309. The van der Waals surface area contributed by atoms with E-state index in [-0.39, 0.29) is 17.8 Å². The van der Waals surface area contributed by atoms with Crippen molar-refractivity contribution in [2.75, 3.05) is 23.3 Å². The lowest BCUT2D eigenvalue weighted by Crippen LogP contribution is -2.37. The van der Waals surface area contributed by atoms with Crippen LogP contribution in [-0.4, -0.2) is 25.0 Å². The Kier molecular flexibility index (Phi) is 9.84. The summed E-state index contributed by atoms with van der Waals surface area (Å²) in [5.41, 5.74) is 2.35. The van der Waals surface area contributed by atoms with Crippen LogP contribution in [0.25, 0.3) is 0 Å². The summed E-state index contributed by atoms with van der Waals surface area (Å²) in [4.78, 5) is 26.4. The summed E-state index contributed by atoms with van der Waals surface area (Å²) >= 11 is 0. The van der Waals surface area contributed by atoms with Gasteiger partial charge in [-0.25, -0.2) is 9.18 Å². The van der Waals surface area contributed by atoms with Crippen LogP contribution in [0, 0.1) is 12.7 Å². The van der Waals surface area contributed by atoms with Gasteiger partial charge < -0.3 is 10.6 Å². The van der Waals surface area contributed by atoms with Crippen LogP contribution < -0.4 is 15.5 Å². The Morgan fingerprint density at radius 1 is 1.00 bits per heavy atom. The van der Waals surface area contributed by atoms with E-state index in [2.05, 4.69) is 17.6 Å². The molecule has 0 saturated carbocycles. The second kappa shape index (κ2) is 12.6. The SMILES string of the molecule is CCCCCCC(=O)NCCCN(C(=O)Nc1cccc(C)c1)c1ccc(F)cc1. The molecule has 5 nitrogen and oxygen atoms in total. The van der Waals surface area contributed by atoms with E-state index >= 15 is 0 Å². The van der Waals surface area contributed by atoms with E-state index in [1.54, 1.807) is 17.0 Å². The number of urea groups is 1. The fraction of sp³-hybridized carbons (Fsp3) is 0.417. The first-order valence-corrected chi connectivity index (χ1v) is 10.7. The van der Waals surface area contributed by atoms with Gasteiger partial charge in [-0.15, -0.1) is 0 Å². The Morgan fingerprint density at radius 2 is 1.77 bits per heavy atom. The Labute approximate surface area is 178 Å². The third kappa shape index (κ3) is 8.23. The third-order valence-corrected chi connectivity index (χ3v) is 4.79. The largest absolute Gasteiger partial charge is 0.356 e. The van der Waals surface area contributed by atoms with Crippen LogP contribution >= 0.6 is 0 Å². The number of hydrogen-bond donors (Lipinski definition) is 2. The molecule has 162 valence electrons. The highest BCUT2D eigenvalue weighted by Gasteiger charge is 2.16. The lowest BCUT2D eigenvalue weighted by molar-refractivity contribution is -0.121. The van der Waals surface area contributed by atoms with E-state index in [1.165, 1.54) is 12.1 Å². The van der Waals surface area contributed by atoms with Gasteiger partial charge in [0.2, 0.25) is 5.91 Å². The first kappa shape index (κ1) is 23.4. The average Bonchev–Trinajstić information content (AvgIpc) is 2.72. The van der Waals surface area contributed by atoms with Crippen molar-refractivity contribution in [1.82, 2.24) is 5.32 Å². The van der Waals surface area contributed by atoms with Crippen molar-refractivity contribution in [2.45, 2.75) is 52.4 Å². The second-order valence-corrected chi connectivity index (χ2v) is 7.44. The number of carbonyl (C=O) groups excluding carboxylic acids is 2. The summed E-state index contributed by atoms with van der Waals surface area (Å²) < 4.78 is 13.3. The third-order valence-electron chi connectivity index (χ3n) is 4.79. The molecule has 0 aromatic heterocycles. The van der Waals surface area contributed by atoms with Gasteiger partial charge in [-0.2, -0.15) is 0 Å². The zero-order valence-corrected chi connectivity index (χ0v) is 17.9. The monoisotopic (exact) mass is 413 g/mol. The van der Waals surface area contributed by atoms with Gasteiger partial charge >= 0.3 is 6.03 Å². The molecule has 0 aliphatic heterocycles. The van der Waals surface area contributed by atoms with Crippen molar-refractivity contribution < 1.29 is 14.0 Å². The molecule has 6 heteroatoms. The number of unbranched alkanes of at least 4 members (excludes halogenated alkanes) is 3. The fourth-order valence-electron chi connectivity index (χ4n) is 3.15. The molecule has 2 aromatic carbocycles. The van der Waals surface area contributed by atoms with Crippen molar-refractivity contribution in [2.24, 2.45) is 0 Å². The van der Waals surface area contributed by atoms with Crippen LogP contribution in [0.5, 0.6) is 0 Å². The maximum Gasteiger partial charge on any atom is 0.326 e. The van der Waals surface area contributed by atoms with E-state index < -0.39 is 0 Å². The first-order chi connectivity index (χ1) is 14.5. The highest BCUT2D eigenvalue weighted by Crippen LogP contribution is 2.18. The molecular weight excluding hydrogens is 381 g/mol. The number of benzene rings is 2. The van der Waals surface area contributed by atoms with Gasteiger partial charge in [0.25, 0.3) is 0 Å². The van der Waals surface area contributed by atoms with Crippen LogP contribution in [0.4, 0.5) is 20.6 Å². The fourth-order valence-corrected chi connectivity index (χ4v) is 3.15. The molecule has 0 saturated heterocycles. The lowest BCUT2D eigenvalue weighted by atomic mass is 10.1. The number of rotatable bonds is 11. The lowest BCUT2D eigenvalue weighted by Gasteiger charge is -2.23. The minimum Gasteiger partial charge on any atom is -0.356 e. The molecule has 0 spiro atoms. The maximum absolute atomic E-state index is 13.3. The highest BCUT2D eigenvalue weighted by molar-refractivity contribution is 6.01. The number of nitrogens with one attached hydrogen (secondary N) is 2. The van der Waals surface area contributed by atoms with Gasteiger partial charge in [-0.3, -0.25) is 9.69 Å². The molecule has 0 unspecified atom stereocenters. The molecule has 2 rings (SSSR count). The number of carbonyl (C=O) groups is 2. The number of amides is 3. The standard InChI is InChI=1S/C24H32FN3O2/c1-3-4-5-6-11-23(29)26-16-8-17-28(22-14-12-20(25)13-15-22)24(30)27-21-10-7-9-19(2)18-21/h7,9-10,12-15,18H,3-6,8,11,16-17H2,1-2H3,(H,26,29)(H,27,30). The molecule has 2 N–H and O–H groups in total. The number of halogens is 1. The normalized spacial score (nSPS) is 10.5. The predicted molar refractivity (Wildman–Crippen MR) is 120 cm³/mol. The molecule has 0 heterocycles. The van der Waals surface area contributed by atoms with Gasteiger partial charge in [0.15, 0.2) is 0 Å². The van der Waals surface area contributed by atoms with E-state index in [1.807, 2.05) is 31.2 Å². The summed E-state index contributed by atoms with van der Waals surface area (Å²) in [5, 5.41) is 5.81. The molecule has 3 amide bonds. The molecule has 0 fully saturated rings. The predicted octanol–water partition coefficient (Wildman–Crippen LogP) is 5.65. The quantitative estimate of drug-likeness (QED) is 0.468. The van der Waals surface area contributed by atoms with Gasteiger partial charge in [0.05, 0.1) is 0 Å². The number of hydrogen-bond acceptors (Lipinski definition) is 2. The Balaban J connectivity index is 1.91. The van der Waals surface area contributed by atoms with Crippen LogP contribution in [0.1, 0.15) is 51.0 Å². The Hall–Kier alpha value is -2.89. The van der Waals surface area contributed by atoms with Crippen molar-refractivity contribution in [3.05, 3.63) is 59.9 Å². The van der Waals surface area contributed by atoms with Crippen LogP contribution in [-0.2, 0) is 4.79 Å². The molecule has 0 aliphatic carbocycles. The summed E-state index contributed by atoms with van der Waals surface area (Å²) in [6.07, 6.45) is 5.40. The van der Waals surface area contributed by atoms with Crippen LogP contribution in [0.2, 0.25) is 0 Å². The minimum atomic E-state index is -0.354. The van der Waals surface area contributed by atoms with Gasteiger partial charge in [0.1, 0.15) is 5.82 Å². The molecule has 0 radical (unpaired) electrons. The van der Waals surface area contributed by atoms with Gasteiger partial charge in [-0.05, 0) is 61.7 Å². The zero-order valence-electron chi connectivity index (χ0n) is 17.9. The molecule has 0 bridgehead atoms. The maximum atomic E-state index is 13.3. The van der Waals surface area contributed by atoms with Crippen LogP contribution in [0.3, 0.4) is 0 Å². The van der Waals surface area contributed by atoms with Crippen molar-refractivity contribution in [3.8, 4) is 0 Å². The van der Waals surface area contributed by atoms with Gasteiger partial charge in [-0.1, -0.05) is 38.3 Å². The highest BCUT2D eigenvalue weighted by atomic mass is 19.1. The zero-order chi connectivity index (χ0) is 21.8. The van der Waals surface area contributed by atoms with E-state index in [4.69, 9.17) is 0 Å². The first-order valence-electron chi connectivity index (χ1n) is 10.7. The number of aryl methyl sites for hydroxylation is 1. The van der Waals surface area contributed by atoms with Crippen LogP contribution in [0.15, 0.2) is 48.5 Å². The van der Waals surface area contributed by atoms with Crippen molar-refractivity contribution in [1.29, 1.82) is 0 Å². The Bertz CT molecular complexity index is 808. The number of nitrogens with zero attached hydrogens (tertiary/aromatic N) is 1. The van der Waals surface area contributed by atoms with Crippen molar-refractivity contribution >= 4 is 23.3 Å². The molecule has 0 atom stereocenters. The molecular formula is C24H32FN3O2. The topological polar surface area (TPSA) is 61.4 Å². The molecule has 30 heavy (non-hydrogen) atoms. The van der Waals surface area contributed by atoms with Crippen molar-refractivity contribution in [3.63, 3.8) is 0 Å². The van der Waals surface area contributed by atoms with Gasteiger partial charge in [0, 0.05) is 30.9 Å². The molecule has 2 aromatic rings. The average molecular weight is 414 g/mol. The smallest absolute Gasteiger partial charge is 0.326 e. The molecule has 0 aliphatic rings. The number of anilines is 2. The van der Waals surface area contributed by atoms with E-state index in [9.17, 15) is 14.0 Å². The van der Waals surface area contributed by atoms with E-state index in [0.717, 1.165) is 31.2 Å². The summed E-state index contributed by atoms with van der Waals surface area (Å²) in [6.45, 7) is 4.99. The summed E-state index contributed by atoms with van der Waals surface area (Å²) in [7, 11) is 0. The summed E-state index contributed by atoms with van der Waals surface area (Å²) in [6, 6.07) is 13.1. The minimum absolute atomic E-state index is 0.0450. The Morgan fingerprint density at radius 3 is 2.47 bits per heavy atom. The second-order valence-electron chi connectivity index (χ2n) is 7.44.